The van der Waals surface area contributed by atoms with Crippen molar-refractivity contribution in [1.82, 2.24) is 0 Å². The zero-order valence-corrected chi connectivity index (χ0v) is 5.92. The summed E-state index contributed by atoms with van der Waals surface area (Å²) in [5.41, 5.74) is 0. The highest BCUT2D eigenvalue weighted by molar-refractivity contribution is 5.12. The summed E-state index contributed by atoms with van der Waals surface area (Å²) >= 11 is 0. The number of aliphatic hydroxyl groups excluding tert-OH is 1. The van der Waals surface area contributed by atoms with Crippen LogP contribution in [0.1, 0.15) is 0 Å². The van der Waals surface area contributed by atoms with E-state index in [1.807, 2.05) is 0 Å². The third-order valence-corrected chi connectivity index (χ3v) is 0.797. The van der Waals surface area contributed by atoms with E-state index in [0.29, 0.717) is 12.4 Å². The lowest BCUT2D eigenvalue weighted by atomic mass is 10.4. The van der Waals surface area contributed by atoms with Gasteiger partial charge in [0.25, 0.3) is 0 Å². The zero-order valence-electron chi connectivity index (χ0n) is 5.92. The molecule has 0 aliphatic heterocycles. The highest BCUT2D eigenvalue weighted by atomic mass is 16.5. The fourth-order valence-electron chi connectivity index (χ4n) is 0.400. The molecular weight excluding hydrogens is 128 g/mol. The van der Waals surface area contributed by atoms with Gasteiger partial charge in [0.1, 0.15) is 12.4 Å². The van der Waals surface area contributed by atoms with Gasteiger partial charge < -0.3 is 9.84 Å². The Bertz CT molecular complexity index is 136. The second-order valence-corrected chi connectivity index (χ2v) is 1.63. The van der Waals surface area contributed by atoms with E-state index in [9.17, 15) is 0 Å². The standard InChI is InChI=1S/C8H12O2/c1-3-4-5-8(2)10-7-6-9/h3-5,9H,1-2,6-7H2/b5-4-. The van der Waals surface area contributed by atoms with Crippen molar-refractivity contribution < 1.29 is 9.84 Å². The number of rotatable bonds is 5. The van der Waals surface area contributed by atoms with E-state index >= 15 is 0 Å². The molecule has 0 rings (SSSR count). The van der Waals surface area contributed by atoms with Crippen LogP contribution in [0.3, 0.4) is 0 Å². The van der Waals surface area contributed by atoms with Crippen LogP contribution >= 0.6 is 0 Å². The monoisotopic (exact) mass is 140 g/mol. The highest BCUT2D eigenvalue weighted by Gasteiger charge is 1.84. The van der Waals surface area contributed by atoms with Gasteiger partial charge in [-0.2, -0.15) is 0 Å². The molecule has 0 atom stereocenters. The Hall–Kier alpha value is -1.02. The maximum Gasteiger partial charge on any atom is 0.112 e. The van der Waals surface area contributed by atoms with E-state index in [0.717, 1.165) is 0 Å². The van der Waals surface area contributed by atoms with Gasteiger partial charge in [-0.15, -0.1) is 0 Å². The molecule has 0 bridgehead atoms. The Morgan fingerprint density at radius 1 is 1.60 bits per heavy atom. The first kappa shape index (κ1) is 8.98. The predicted octanol–water partition coefficient (Wildman–Crippen LogP) is 1.25. The van der Waals surface area contributed by atoms with Crippen LogP contribution in [0.4, 0.5) is 0 Å². The van der Waals surface area contributed by atoms with Crippen LogP contribution in [0.2, 0.25) is 0 Å². The fraction of sp³-hybridized carbons (Fsp3) is 0.250. The molecule has 0 fully saturated rings. The van der Waals surface area contributed by atoms with Gasteiger partial charge in [-0.05, 0) is 6.08 Å². The summed E-state index contributed by atoms with van der Waals surface area (Å²) in [5.74, 6) is 0.536. The van der Waals surface area contributed by atoms with Gasteiger partial charge in [-0.1, -0.05) is 25.3 Å². The lowest BCUT2D eigenvalue weighted by Crippen LogP contribution is -1.96. The smallest absolute Gasteiger partial charge is 0.112 e. The van der Waals surface area contributed by atoms with Gasteiger partial charge in [0.2, 0.25) is 0 Å². The van der Waals surface area contributed by atoms with Crippen LogP contribution in [-0.2, 0) is 4.74 Å². The van der Waals surface area contributed by atoms with Crippen LogP contribution in [-0.4, -0.2) is 18.3 Å². The maximum atomic E-state index is 8.33. The van der Waals surface area contributed by atoms with Gasteiger partial charge in [-0.25, -0.2) is 0 Å². The summed E-state index contributed by atoms with van der Waals surface area (Å²) in [7, 11) is 0. The molecule has 0 amide bonds. The molecule has 1 N–H and O–H groups in total. The molecule has 0 saturated heterocycles. The van der Waals surface area contributed by atoms with Gasteiger partial charge in [-0.3, -0.25) is 0 Å². The van der Waals surface area contributed by atoms with Crippen LogP contribution in [0.25, 0.3) is 0 Å². The largest absolute Gasteiger partial charge is 0.492 e. The first-order chi connectivity index (χ1) is 4.81. The van der Waals surface area contributed by atoms with Crippen molar-refractivity contribution in [1.29, 1.82) is 0 Å². The Kier molecular flexibility index (Phi) is 5.48. The molecule has 10 heavy (non-hydrogen) atoms. The second-order valence-electron chi connectivity index (χ2n) is 1.63. The first-order valence-electron chi connectivity index (χ1n) is 3.03. The summed E-state index contributed by atoms with van der Waals surface area (Å²) < 4.78 is 4.91. The molecule has 0 heterocycles. The number of hydrogen-bond acceptors (Lipinski definition) is 2. The Morgan fingerprint density at radius 2 is 2.30 bits per heavy atom. The Balaban J connectivity index is 3.43. The molecule has 0 radical (unpaired) electrons. The van der Waals surface area contributed by atoms with Crippen molar-refractivity contribution in [3.05, 3.63) is 37.1 Å². The number of allylic oxidation sites excluding steroid dienone is 3. The van der Waals surface area contributed by atoms with Crippen molar-refractivity contribution in [3.8, 4) is 0 Å². The molecule has 0 aliphatic rings. The number of hydrogen-bond donors (Lipinski definition) is 1. The van der Waals surface area contributed by atoms with E-state index in [1.165, 1.54) is 0 Å². The SMILES string of the molecule is C=C/C=C\C(=C)OCCO. The molecule has 2 nitrogen and oxygen atoms in total. The van der Waals surface area contributed by atoms with Gasteiger partial charge >= 0.3 is 0 Å². The van der Waals surface area contributed by atoms with E-state index < -0.39 is 0 Å². The van der Waals surface area contributed by atoms with E-state index in [-0.39, 0.29) is 6.61 Å². The zero-order chi connectivity index (χ0) is 7.82. The minimum atomic E-state index is 0.0148. The maximum absolute atomic E-state index is 8.33. The molecule has 0 aromatic carbocycles. The lowest BCUT2D eigenvalue weighted by molar-refractivity contribution is 0.153. The van der Waals surface area contributed by atoms with Crippen LogP contribution in [0, 0.1) is 0 Å². The molecule has 0 saturated carbocycles. The normalized spacial score (nSPS) is 9.70. The minimum Gasteiger partial charge on any atom is -0.492 e. The van der Waals surface area contributed by atoms with Crippen LogP contribution in [0.5, 0.6) is 0 Å². The first-order valence-corrected chi connectivity index (χ1v) is 3.03. The molecule has 2 heteroatoms. The molecule has 0 spiro atoms. The van der Waals surface area contributed by atoms with E-state index in [1.54, 1.807) is 18.2 Å². The van der Waals surface area contributed by atoms with Crippen LogP contribution in [0.15, 0.2) is 37.1 Å². The third-order valence-electron chi connectivity index (χ3n) is 0.797. The molecule has 0 aromatic heterocycles. The second kappa shape index (κ2) is 6.11. The quantitative estimate of drug-likeness (QED) is 0.460. The number of aliphatic hydroxyl groups is 1. The Morgan fingerprint density at radius 3 is 2.80 bits per heavy atom. The molecule has 0 unspecified atom stereocenters. The highest BCUT2D eigenvalue weighted by Crippen LogP contribution is 1.94. The fourth-order valence-corrected chi connectivity index (χ4v) is 0.400. The molecule has 0 aliphatic carbocycles. The van der Waals surface area contributed by atoms with Gasteiger partial charge in [0, 0.05) is 0 Å². The third kappa shape index (κ3) is 5.12. The van der Waals surface area contributed by atoms with Crippen molar-refractivity contribution in [2.24, 2.45) is 0 Å². The summed E-state index contributed by atoms with van der Waals surface area (Å²) in [6.45, 7) is 7.35. The average molecular weight is 140 g/mol. The topological polar surface area (TPSA) is 29.5 Å². The Labute approximate surface area is 61.1 Å². The number of ether oxygens (including phenoxy) is 1. The van der Waals surface area contributed by atoms with E-state index in [4.69, 9.17) is 9.84 Å². The van der Waals surface area contributed by atoms with Crippen molar-refractivity contribution in [2.45, 2.75) is 0 Å². The molecule has 0 aromatic rings. The van der Waals surface area contributed by atoms with Crippen molar-refractivity contribution in [3.63, 3.8) is 0 Å². The summed E-state index contributed by atoms with van der Waals surface area (Å²) in [5, 5.41) is 8.33. The van der Waals surface area contributed by atoms with E-state index in [2.05, 4.69) is 13.2 Å². The minimum absolute atomic E-state index is 0.0148. The summed E-state index contributed by atoms with van der Waals surface area (Å²) in [6.07, 6.45) is 5.04. The molecule has 56 valence electrons. The van der Waals surface area contributed by atoms with Crippen molar-refractivity contribution >= 4 is 0 Å². The van der Waals surface area contributed by atoms with Gasteiger partial charge in [0.15, 0.2) is 0 Å². The summed E-state index contributed by atoms with van der Waals surface area (Å²) in [6, 6.07) is 0. The van der Waals surface area contributed by atoms with Crippen LogP contribution < -0.4 is 0 Å². The lowest BCUT2D eigenvalue weighted by Gasteiger charge is -2.00. The van der Waals surface area contributed by atoms with Crippen molar-refractivity contribution in [2.75, 3.05) is 13.2 Å². The summed E-state index contributed by atoms with van der Waals surface area (Å²) in [4.78, 5) is 0. The average Bonchev–Trinajstić information content (AvgIpc) is 1.97. The predicted molar refractivity (Wildman–Crippen MR) is 41.5 cm³/mol. The van der Waals surface area contributed by atoms with Gasteiger partial charge in [0.05, 0.1) is 6.61 Å². The molecular formula is C8H12O2.